The highest BCUT2D eigenvalue weighted by Crippen LogP contribution is 2.25. The van der Waals surface area contributed by atoms with Gasteiger partial charge in [-0.3, -0.25) is 0 Å². The van der Waals surface area contributed by atoms with Crippen molar-refractivity contribution in [2.45, 2.75) is 12.5 Å². The zero-order chi connectivity index (χ0) is 17.4. The van der Waals surface area contributed by atoms with Crippen molar-refractivity contribution in [3.63, 3.8) is 0 Å². The number of benzene rings is 2. The van der Waals surface area contributed by atoms with E-state index in [4.69, 9.17) is 5.26 Å². The number of hydrogen-bond donors (Lipinski definition) is 0. The number of rotatable bonds is 5. The van der Waals surface area contributed by atoms with E-state index in [0.29, 0.717) is 5.69 Å². The summed E-state index contributed by atoms with van der Waals surface area (Å²) in [4.78, 5) is 0. The summed E-state index contributed by atoms with van der Waals surface area (Å²) in [5.41, 5.74) is 0.807. The van der Waals surface area contributed by atoms with Crippen molar-refractivity contribution < 1.29 is 17.9 Å². The lowest BCUT2D eigenvalue weighted by Crippen LogP contribution is -2.16. The normalized spacial score (nSPS) is 13.1. The molecule has 0 fully saturated rings. The Hall–Kier alpha value is -3.28. The van der Waals surface area contributed by atoms with E-state index in [-0.39, 0.29) is 11.4 Å². The van der Waals surface area contributed by atoms with Crippen LogP contribution in [0.4, 0.5) is 24.5 Å². The first kappa shape index (κ1) is 17.1. The molecular weight excluding hydrogens is 323 g/mol. The van der Waals surface area contributed by atoms with E-state index in [9.17, 15) is 13.2 Å². The summed E-state index contributed by atoms with van der Waals surface area (Å²) in [6.45, 7) is 0. The van der Waals surface area contributed by atoms with Gasteiger partial charge in [-0.1, -0.05) is 18.2 Å². The molecule has 9 heteroatoms. The topological polar surface area (TPSA) is 82.5 Å². The molecular formula is C15H10F3N5O. The molecule has 1 unspecified atom stereocenters. The van der Waals surface area contributed by atoms with Crippen LogP contribution >= 0.6 is 0 Å². The third-order valence-corrected chi connectivity index (χ3v) is 2.51. The smallest absolute Gasteiger partial charge is 0.406 e. The standard InChI is InChI=1S/C15H10F3N5O/c16-15(17,18)24-13-8-6-12(7-9-13)21-23-14(10-19)22-20-11-4-2-1-3-5-11/h1-9,14H. The van der Waals surface area contributed by atoms with Crippen molar-refractivity contribution in [1.82, 2.24) is 0 Å². The van der Waals surface area contributed by atoms with E-state index < -0.39 is 12.5 Å². The Morgan fingerprint density at radius 3 is 1.92 bits per heavy atom. The molecule has 2 rings (SSSR count). The second-order valence-corrected chi connectivity index (χ2v) is 4.31. The first-order chi connectivity index (χ1) is 11.5. The lowest BCUT2D eigenvalue weighted by atomic mass is 10.3. The lowest BCUT2D eigenvalue weighted by Gasteiger charge is -2.08. The first-order valence-corrected chi connectivity index (χ1v) is 6.58. The molecule has 0 aliphatic heterocycles. The third-order valence-electron chi connectivity index (χ3n) is 2.51. The summed E-state index contributed by atoms with van der Waals surface area (Å²) in [5.74, 6) is -0.373. The Morgan fingerprint density at radius 2 is 1.42 bits per heavy atom. The van der Waals surface area contributed by atoms with E-state index in [0.717, 1.165) is 12.1 Å². The van der Waals surface area contributed by atoms with Gasteiger partial charge in [-0.15, -0.1) is 23.4 Å². The van der Waals surface area contributed by atoms with Crippen LogP contribution in [0, 0.1) is 11.3 Å². The number of ether oxygens (including phenoxy) is 1. The highest BCUT2D eigenvalue weighted by molar-refractivity contribution is 5.40. The predicted octanol–water partition coefficient (Wildman–Crippen LogP) is 5.30. The zero-order valence-electron chi connectivity index (χ0n) is 12.1. The Balaban J connectivity index is 2.00. The van der Waals surface area contributed by atoms with Gasteiger partial charge < -0.3 is 4.74 Å². The minimum atomic E-state index is -4.76. The van der Waals surface area contributed by atoms with Gasteiger partial charge in [-0.05, 0) is 36.4 Å². The van der Waals surface area contributed by atoms with E-state index in [1.54, 1.807) is 30.3 Å². The molecule has 0 radical (unpaired) electrons. The number of azo groups is 2. The Labute approximate surface area is 134 Å². The summed E-state index contributed by atoms with van der Waals surface area (Å²) in [5, 5.41) is 23.9. The highest BCUT2D eigenvalue weighted by Gasteiger charge is 2.30. The van der Waals surface area contributed by atoms with Gasteiger partial charge in [0.05, 0.1) is 11.4 Å². The third kappa shape index (κ3) is 5.84. The molecule has 6 nitrogen and oxygen atoms in total. The molecule has 0 spiro atoms. The number of halogens is 3. The van der Waals surface area contributed by atoms with Crippen LogP contribution < -0.4 is 4.74 Å². The van der Waals surface area contributed by atoms with Gasteiger partial charge in [-0.2, -0.15) is 15.5 Å². The second kappa shape index (κ2) is 7.82. The van der Waals surface area contributed by atoms with E-state index in [1.807, 2.05) is 6.07 Å². The fraction of sp³-hybridized carbons (Fsp3) is 0.133. The maximum atomic E-state index is 12.0. The quantitative estimate of drug-likeness (QED) is 0.695. The van der Waals surface area contributed by atoms with Gasteiger partial charge in [0.25, 0.3) is 6.17 Å². The maximum Gasteiger partial charge on any atom is 0.573 e. The molecule has 1 atom stereocenters. The van der Waals surface area contributed by atoms with Crippen LogP contribution in [-0.4, -0.2) is 12.5 Å². The van der Waals surface area contributed by atoms with Crippen molar-refractivity contribution in [3.8, 4) is 11.8 Å². The summed E-state index contributed by atoms with van der Waals surface area (Å²) in [6.07, 6.45) is -5.91. The lowest BCUT2D eigenvalue weighted by molar-refractivity contribution is -0.274. The van der Waals surface area contributed by atoms with Crippen molar-refractivity contribution in [3.05, 3.63) is 54.6 Å². The van der Waals surface area contributed by atoms with Crippen LogP contribution in [0.15, 0.2) is 75.1 Å². The number of nitriles is 1. The number of hydrogen-bond acceptors (Lipinski definition) is 6. The van der Waals surface area contributed by atoms with E-state index >= 15 is 0 Å². The van der Waals surface area contributed by atoms with Gasteiger partial charge in [0.15, 0.2) is 0 Å². The summed E-state index contributed by atoms with van der Waals surface area (Å²) >= 11 is 0. The van der Waals surface area contributed by atoms with Crippen molar-refractivity contribution in [2.24, 2.45) is 20.5 Å². The molecule has 0 amide bonds. The number of nitrogens with zero attached hydrogens (tertiary/aromatic N) is 5. The molecule has 0 aromatic heterocycles. The minimum absolute atomic E-state index is 0.250. The number of alkyl halides is 3. The Kier molecular flexibility index (Phi) is 5.57. The van der Waals surface area contributed by atoms with E-state index in [1.165, 1.54) is 12.1 Å². The second-order valence-electron chi connectivity index (χ2n) is 4.31. The Morgan fingerprint density at radius 1 is 0.875 bits per heavy atom. The van der Waals surface area contributed by atoms with E-state index in [2.05, 4.69) is 25.2 Å². The summed E-state index contributed by atoms with van der Waals surface area (Å²) < 4.78 is 39.9. The van der Waals surface area contributed by atoms with Gasteiger partial charge in [-0.25, -0.2) is 0 Å². The summed E-state index contributed by atoms with van der Waals surface area (Å²) in [6, 6.07) is 15.3. The molecule has 122 valence electrons. The van der Waals surface area contributed by atoms with Crippen LogP contribution in [0.5, 0.6) is 5.75 Å². The first-order valence-electron chi connectivity index (χ1n) is 6.58. The van der Waals surface area contributed by atoms with Crippen LogP contribution in [0.1, 0.15) is 0 Å². The average molecular weight is 333 g/mol. The van der Waals surface area contributed by atoms with Gasteiger partial charge in [0.2, 0.25) is 0 Å². The predicted molar refractivity (Wildman–Crippen MR) is 78.0 cm³/mol. The van der Waals surface area contributed by atoms with Crippen molar-refractivity contribution in [1.29, 1.82) is 5.26 Å². The highest BCUT2D eigenvalue weighted by atomic mass is 19.4. The van der Waals surface area contributed by atoms with Gasteiger partial charge >= 0.3 is 6.36 Å². The maximum absolute atomic E-state index is 12.0. The van der Waals surface area contributed by atoms with Crippen LogP contribution in [0.25, 0.3) is 0 Å². The Bertz CT molecular complexity index is 751. The van der Waals surface area contributed by atoms with Crippen molar-refractivity contribution in [2.75, 3.05) is 0 Å². The molecule has 0 aliphatic carbocycles. The molecule has 2 aromatic rings. The van der Waals surface area contributed by atoms with Gasteiger partial charge in [0.1, 0.15) is 11.8 Å². The SMILES string of the molecule is N#CC(N=Nc1ccccc1)N=Nc1ccc(OC(F)(F)F)cc1. The average Bonchev–Trinajstić information content (AvgIpc) is 2.56. The largest absolute Gasteiger partial charge is 0.573 e. The van der Waals surface area contributed by atoms with Crippen LogP contribution in [-0.2, 0) is 0 Å². The fourth-order valence-electron chi connectivity index (χ4n) is 1.53. The summed E-state index contributed by atoms with van der Waals surface area (Å²) in [7, 11) is 0. The molecule has 0 saturated heterocycles. The molecule has 0 saturated carbocycles. The molecule has 24 heavy (non-hydrogen) atoms. The fourth-order valence-corrected chi connectivity index (χ4v) is 1.53. The van der Waals surface area contributed by atoms with Gasteiger partial charge in [0, 0.05) is 0 Å². The van der Waals surface area contributed by atoms with Crippen molar-refractivity contribution >= 4 is 11.4 Å². The van der Waals surface area contributed by atoms with Crippen LogP contribution in [0.2, 0.25) is 0 Å². The zero-order valence-corrected chi connectivity index (χ0v) is 12.1. The molecule has 2 aromatic carbocycles. The monoisotopic (exact) mass is 333 g/mol. The molecule has 0 bridgehead atoms. The minimum Gasteiger partial charge on any atom is -0.406 e. The molecule has 0 N–H and O–H groups in total. The molecule has 0 heterocycles. The van der Waals surface area contributed by atoms with Crippen LogP contribution in [0.3, 0.4) is 0 Å². The molecule has 0 aliphatic rings.